The highest BCUT2D eigenvalue weighted by Gasteiger charge is 2.23. The Morgan fingerprint density at radius 1 is 1.18 bits per heavy atom. The molecular formula is C19H36Cl2N6O. The molecule has 2 N–H and O–H groups in total. The van der Waals surface area contributed by atoms with Crippen molar-refractivity contribution in [3.63, 3.8) is 0 Å². The van der Waals surface area contributed by atoms with Gasteiger partial charge in [-0.2, -0.15) is 0 Å². The van der Waals surface area contributed by atoms with Crippen LogP contribution in [0.25, 0.3) is 0 Å². The van der Waals surface area contributed by atoms with E-state index in [0.29, 0.717) is 18.3 Å². The summed E-state index contributed by atoms with van der Waals surface area (Å²) in [5, 5.41) is 14.8. The highest BCUT2D eigenvalue weighted by molar-refractivity contribution is 5.93. The monoisotopic (exact) mass is 434 g/mol. The van der Waals surface area contributed by atoms with E-state index in [1.807, 2.05) is 11.6 Å². The zero-order chi connectivity index (χ0) is 18.5. The molecule has 2 aliphatic rings. The number of amides is 1. The number of nitrogens with one attached hydrogen (secondary N) is 2. The predicted octanol–water partition coefficient (Wildman–Crippen LogP) is 2.45. The van der Waals surface area contributed by atoms with Crippen LogP contribution in [0.5, 0.6) is 0 Å². The maximum Gasteiger partial charge on any atom is 0.273 e. The van der Waals surface area contributed by atoms with Gasteiger partial charge in [-0.15, -0.1) is 29.9 Å². The molecule has 0 aliphatic carbocycles. The van der Waals surface area contributed by atoms with Gasteiger partial charge in [0.25, 0.3) is 5.91 Å². The number of carbonyl (C=O) groups excluding carboxylic acids is 1. The van der Waals surface area contributed by atoms with Crippen molar-refractivity contribution in [1.82, 2.24) is 30.5 Å². The van der Waals surface area contributed by atoms with E-state index >= 15 is 0 Å². The van der Waals surface area contributed by atoms with E-state index in [1.165, 1.54) is 19.5 Å². The van der Waals surface area contributed by atoms with Gasteiger partial charge in [-0.25, -0.2) is 4.68 Å². The number of hydrogen-bond donors (Lipinski definition) is 2. The molecule has 1 aromatic heterocycles. The van der Waals surface area contributed by atoms with Crippen LogP contribution in [0.3, 0.4) is 0 Å². The second-order valence-electron chi connectivity index (χ2n) is 8.26. The molecule has 3 heterocycles. The summed E-state index contributed by atoms with van der Waals surface area (Å²) >= 11 is 0. The maximum atomic E-state index is 12.5. The van der Waals surface area contributed by atoms with Gasteiger partial charge in [0.1, 0.15) is 0 Å². The lowest BCUT2D eigenvalue weighted by Crippen LogP contribution is -2.40. The third kappa shape index (κ3) is 6.58. The van der Waals surface area contributed by atoms with Crippen molar-refractivity contribution in [2.75, 3.05) is 39.3 Å². The molecule has 2 atom stereocenters. The highest BCUT2D eigenvalue weighted by atomic mass is 35.5. The zero-order valence-electron chi connectivity index (χ0n) is 17.3. The van der Waals surface area contributed by atoms with Crippen molar-refractivity contribution in [3.8, 4) is 0 Å². The molecular weight excluding hydrogens is 399 g/mol. The average molecular weight is 435 g/mol. The van der Waals surface area contributed by atoms with E-state index in [0.717, 1.165) is 56.4 Å². The number of rotatable bonds is 6. The van der Waals surface area contributed by atoms with E-state index in [2.05, 4.69) is 39.7 Å². The molecule has 1 amide bonds. The Morgan fingerprint density at radius 2 is 1.82 bits per heavy atom. The van der Waals surface area contributed by atoms with Gasteiger partial charge in [-0.05, 0) is 64.1 Å². The number of halogens is 2. The van der Waals surface area contributed by atoms with Gasteiger partial charge in [0.15, 0.2) is 5.69 Å². The molecule has 0 bridgehead atoms. The molecule has 0 saturated carbocycles. The van der Waals surface area contributed by atoms with Crippen LogP contribution in [0.1, 0.15) is 61.8 Å². The molecule has 0 radical (unpaired) electrons. The second-order valence-corrected chi connectivity index (χ2v) is 8.26. The fourth-order valence-electron chi connectivity index (χ4n) is 4.51. The quantitative estimate of drug-likeness (QED) is 0.672. The largest absolute Gasteiger partial charge is 0.351 e. The first kappa shape index (κ1) is 25.1. The molecule has 3 rings (SSSR count). The average Bonchev–Trinajstić information content (AvgIpc) is 3.00. The Morgan fingerprint density at radius 3 is 2.46 bits per heavy atom. The number of aromatic nitrogens is 3. The van der Waals surface area contributed by atoms with Gasteiger partial charge < -0.3 is 15.5 Å². The van der Waals surface area contributed by atoms with Crippen LogP contribution in [0.2, 0.25) is 0 Å². The summed E-state index contributed by atoms with van der Waals surface area (Å²) in [6.45, 7) is 12.7. The Kier molecular flexibility index (Phi) is 10.7. The summed E-state index contributed by atoms with van der Waals surface area (Å²) in [5.41, 5.74) is 1.36. The van der Waals surface area contributed by atoms with Crippen LogP contribution in [0, 0.1) is 18.8 Å². The zero-order valence-corrected chi connectivity index (χ0v) is 18.9. The Labute approximate surface area is 181 Å². The van der Waals surface area contributed by atoms with Crippen molar-refractivity contribution in [2.24, 2.45) is 11.8 Å². The van der Waals surface area contributed by atoms with E-state index < -0.39 is 0 Å². The Bertz CT molecular complexity index is 595. The smallest absolute Gasteiger partial charge is 0.273 e. The van der Waals surface area contributed by atoms with Gasteiger partial charge in [-0.1, -0.05) is 19.1 Å². The number of likely N-dealkylation sites (tertiary alicyclic amines) is 1. The van der Waals surface area contributed by atoms with Crippen LogP contribution < -0.4 is 10.6 Å². The predicted molar refractivity (Wildman–Crippen MR) is 117 cm³/mol. The van der Waals surface area contributed by atoms with E-state index in [9.17, 15) is 4.79 Å². The molecule has 2 unspecified atom stereocenters. The Balaban J connectivity index is 0.00000196. The number of piperidine rings is 2. The topological polar surface area (TPSA) is 75.1 Å². The first-order chi connectivity index (χ1) is 12.5. The van der Waals surface area contributed by atoms with Crippen molar-refractivity contribution in [3.05, 3.63) is 11.4 Å². The van der Waals surface area contributed by atoms with Crippen LogP contribution in [0.4, 0.5) is 0 Å². The van der Waals surface area contributed by atoms with Gasteiger partial charge in [0, 0.05) is 19.6 Å². The van der Waals surface area contributed by atoms with Gasteiger partial charge in [0.05, 0.1) is 11.7 Å². The maximum absolute atomic E-state index is 12.5. The molecule has 2 aliphatic heterocycles. The lowest BCUT2D eigenvalue weighted by molar-refractivity contribution is 0.0941. The molecule has 9 heteroatoms. The molecule has 7 nitrogen and oxygen atoms in total. The van der Waals surface area contributed by atoms with E-state index in [-0.39, 0.29) is 30.7 Å². The summed E-state index contributed by atoms with van der Waals surface area (Å²) in [4.78, 5) is 15.0. The fourth-order valence-corrected chi connectivity index (χ4v) is 4.51. The summed E-state index contributed by atoms with van der Waals surface area (Å²) in [6, 6.07) is 0.355. The second kappa shape index (κ2) is 12.0. The van der Waals surface area contributed by atoms with Crippen molar-refractivity contribution in [2.45, 2.75) is 52.5 Å². The number of nitrogens with zero attached hydrogens (tertiary/aromatic N) is 4. The SMILES string of the molecule is Cc1c(C(=O)NCCCN2CC(C)CC(C)C2)nnn1C1CCNCC1.Cl.Cl. The highest BCUT2D eigenvalue weighted by Crippen LogP contribution is 2.21. The van der Waals surface area contributed by atoms with Crippen LogP contribution in [0.15, 0.2) is 0 Å². The van der Waals surface area contributed by atoms with Gasteiger partial charge in [0.2, 0.25) is 0 Å². The lowest BCUT2D eigenvalue weighted by Gasteiger charge is -2.34. The number of carbonyl (C=O) groups is 1. The lowest BCUT2D eigenvalue weighted by atomic mass is 9.92. The Hall–Kier alpha value is -0.890. The van der Waals surface area contributed by atoms with E-state index in [4.69, 9.17) is 0 Å². The van der Waals surface area contributed by atoms with Crippen molar-refractivity contribution < 1.29 is 4.79 Å². The minimum atomic E-state index is -0.0944. The third-order valence-corrected chi connectivity index (χ3v) is 5.68. The van der Waals surface area contributed by atoms with E-state index in [1.54, 1.807) is 0 Å². The standard InChI is InChI=1S/C19H34N6O.2ClH/c1-14-11-15(2)13-24(12-14)10-4-7-21-19(26)18-16(3)25(23-22-18)17-5-8-20-9-6-17;;/h14-15,17,20H,4-13H2,1-3H3,(H,21,26);2*1H. The third-order valence-electron chi connectivity index (χ3n) is 5.68. The molecule has 0 spiro atoms. The molecule has 2 fully saturated rings. The molecule has 2 saturated heterocycles. The van der Waals surface area contributed by atoms with Crippen LogP contribution in [-0.4, -0.2) is 65.1 Å². The summed E-state index contributed by atoms with van der Waals surface area (Å²) in [7, 11) is 0. The van der Waals surface area contributed by atoms with Gasteiger partial charge >= 0.3 is 0 Å². The first-order valence-electron chi connectivity index (χ1n) is 10.2. The normalized spacial score (nSPS) is 23.5. The van der Waals surface area contributed by atoms with Crippen LogP contribution >= 0.6 is 24.8 Å². The minimum absolute atomic E-state index is 0. The molecule has 162 valence electrons. The van der Waals surface area contributed by atoms with Crippen LogP contribution in [-0.2, 0) is 0 Å². The fraction of sp³-hybridized carbons (Fsp3) is 0.842. The summed E-state index contributed by atoms with van der Waals surface area (Å²) < 4.78 is 1.94. The van der Waals surface area contributed by atoms with Gasteiger partial charge in [-0.3, -0.25) is 4.79 Å². The van der Waals surface area contributed by atoms with Crippen molar-refractivity contribution in [1.29, 1.82) is 0 Å². The molecule has 28 heavy (non-hydrogen) atoms. The number of hydrogen-bond acceptors (Lipinski definition) is 5. The molecule has 1 aromatic rings. The van der Waals surface area contributed by atoms with Crippen molar-refractivity contribution >= 4 is 30.7 Å². The first-order valence-corrected chi connectivity index (χ1v) is 10.2. The minimum Gasteiger partial charge on any atom is -0.351 e. The summed E-state index contributed by atoms with van der Waals surface area (Å²) in [6.07, 6.45) is 4.39. The molecule has 0 aromatic carbocycles. The summed E-state index contributed by atoms with van der Waals surface area (Å²) in [5.74, 6) is 1.46.